The summed E-state index contributed by atoms with van der Waals surface area (Å²) in [7, 11) is 0. The van der Waals surface area contributed by atoms with Crippen molar-refractivity contribution >= 4 is 29.3 Å². The third-order valence-corrected chi connectivity index (χ3v) is 6.16. The fourth-order valence-electron chi connectivity index (χ4n) is 3.51. The number of halogens is 1. The van der Waals surface area contributed by atoms with Crippen molar-refractivity contribution in [3.8, 4) is 17.1 Å². The van der Waals surface area contributed by atoms with Crippen molar-refractivity contribution in [2.75, 3.05) is 18.8 Å². The molecule has 0 radical (unpaired) electrons. The fourth-order valence-corrected chi connectivity index (χ4v) is 4.49. The molecule has 1 aliphatic heterocycles. The lowest BCUT2D eigenvalue weighted by molar-refractivity contribution is -0.130. The van der Waals surface area contributed by atoms with Gasteiger partial charge in [-0.2, -0.15) is 0 Å². The largest absolute Gasteiger partial charge is 0.342 e. The van der Waals surface area contributed by atoms with E-state index in [1.54, 1.807) is 12.4 Å². The van der Waals surface area contributed by atoms with Crippen molar-refractivity contribution in [1.82, 2.24) is 24.6 Å². The summed E-state index contributed by atoms with van der Waals surface area (Å²) in [6.45, 7) is 3.88. The summed E-state index contributed by atoms with van der Waals surface area (Å²) in [6.07, 6.45) is 5.72. The first kappa shape index (κ1) is 19.9. The second kappa shape index (κ2) is 8.97. The van der Waals surface area contributed by atoms with Gasteiger partial charge >= 0.3 is 0 Å². The summed E-state index contributed by atoms with van der Waals surface area (Å²) < 4.78 is 1.96. The molecule has 1 atom stereocenters. The van der Waals surface area contributed by atoms with Gasteiger partial charge in [0, 0.05) is 41.8 Å². The summed E-state index contributed by atoms with van der Waals surface area (Å²) in [6, 6.07) is 11.3. The van der Waals surface area contributed by atoms with Gasteiger partial charge in [0.15, 0.2) is 11.0 Å². The first-order valence-corrected chi connectivity index (χ1v) is 11.0. The van der Waals surface area contributed by atoms with Crippen molar-refractivity contribution in [2.45, 2.75) is 24.9 Å². The normalized spacial score (nSPS) is 16.8. The molecule has 0 bridgehead atoms. The van der Waals surface area contributed by atoms with Crippen LogP contribution in [0.15, 0.2) is 53.9 Å². The first-order valence-electron chi connectivity index (χ1n) is 9.64. The Balaban J connectivity index is 1.60. The number of hydrogen-bond donors (Lipinski definition) is 0. The zero-order valence-electron chi connectivity index (χ0n) is 16.2. The Morgan fingerprint density at radius 3 is 2.66 bits per heavy atom. The molecule has 4 rings (SSSR count). The van der Waals surface area contributed by atoms with E-state index in [4.69, 9.17) is 11.6 Å². The van der Waals surface area contributed by atoms with Gasteiger partial charge in [-0.05, 0) is 55.2 Å². The van der Waals surface area contributed by atoms with Crippen molar-refractivity contribution in [2.24, 2.45) is 5.92 Å². The maximum Gasteiger partial charge on any atom is 0.233 e. The van der Waals surface area contributed by atoms with E-state index in [-0.39, 0.29) is 5.91 Å². The van der Waals surface area contributed by atoms with Gasteiger partial charge in [-0.3, -0.25) is 14.3 Å². The van der Waals surface area contributed by atoms with Gasteiger partial charge in [0.25, 0.3) is 0 Å². The van der Waals surface area contributed by atoms with Crippen LogP contribution in [0, 0.1) is 5.92 Å². The number of nitrogens with zero attached hydrogens (tertiary/aromatic N) is 5. The van der Waals surface area contributed by atoms with Crippen LogP contribution < -0.4 is 0 Å². The molecule has 3 aromatic rings. The Hall–Kier alpha value is -2.38. The van der Waals surface area contributed by atoms with Crippen LogP contribution in [0.1, 0.15) is 19.8 Å². The number of thioether (sulfide) groups is 1. The molecule has 1 unspecified atom stereocenters. The lowest BCUT2D eigenvalue weighted by Gasteiger charge is -2.30. The van der Waals surface area contributed by atoms with E-state index < -0.39 is 0 Å². The van der Waals surface area contributed by atoms with Crippen LogP contribution in [0.3, 0.4) is 0 Å². The van der Waals surface area contributed by atoms with Crippen LogP contribution in [0.5, 0.6) is 0 Å². The number of amides is 1. The minimum absolute atomic E-state index is 0.151. The van der Waals surface area contributed by atoms with E-state index in [1.165, 1.54) is 18.2 Å². The molecule has 1 fully saturated rings. The van der Waals surface area contributed by atoms with E-state index in [0.29, 0.717) is 27.7 Å². The molecule has 150 valence electrons. The van der Waals surface area contributed by atoms with Crippen molar-refractivity contribution in [1.29, 1.82) is 0 Å². The molecular weight excluding hydrogens is 406 g/mol. The summed E-state index contributed by atoms with van der Waals surface area (Å²) in [5, 5.41) is 10.1. The Kier molecular flexibility index (Phi) is 6.16. The Labute approximate surface area is 179 Å². The first-order chi connectivity index (χ1) is 14.1. The van der Waals surface area contributed by atoms with E-state index in [9.17, 15) is 4.79 Å². The quantitative estimate of drug-likeness (QED) is 0.567. The highest BCUT2D eigenvalue weighted by atomic mass is 35.5. The van der Waals surface area contributed by atoms with Gasteiger partial charge in [-0.1, -0.05) is 30.3 Å². The molecule has 0 spiro atoms. The third kappa shape index (κ3) is 4.62. The van der Waals surface area contributed by atoms with Gasteiger partial charge in [0.2, 0.25) is 5.91 Å². The van der Waals surface area contributed by atoms with E-state index in [2.05, 4.69) is 22.1 Å². The standard InChI is InChI=1S/C21H22ClN5OS/c1-15-3-2-12-26(13-15)19(28)14-29-21-25-24-20(16-8-10-23-11-9-16)27(21)18-6-4-17(22)5-7-18/h4-11,15H,2-3,12-14H2,1H3. The monoisotopic (exact) mass is 427 g/mol. The number of piperidine rings is 1. The molecule has 1 aromatic carbocycles. The van der Waals surface area contributed by atoms with Crippen LogP contribution in [-0.2, 0) is 4.79 Å². The van der Waals surface area contributed by atoms with E-state index in [0.717, 1.165) is 30.8 Å². The van der Waals surface area contributed by atoms with Crippen LogP contribution >= 0.6 is 23.4 Å². The maximum absolute atomic E-state index is 12.7. The number of rotatable bonds is 5. The molecule has 1 saturated heterocycles. The predicted octanol–water partition coefficient (Wildman–Crippen LogP) is 4.33. The summed E-state index contributed by atoms with van der Waals surface area (Å²) in [5.74, 6) is 1.76. The van der Waals surface area contributed by atoms with Gasteiger partial charge in [-0.15, -0.1) is 10.2 Å². The molecule has 8 heteroatoms. The van der Waals surface area contributed by atoms with Crippen LogP contribution in [0.25, 0.3) is 17.1 Å². The fraction of sp³-hybridized carbons (Fsp3) is 0.333. The molecule has 3 heterocycles. The van der Waals surface area contributed by atoms with Crippen LogP contribution in [0.4, 0.5) is 0 Å². The van der Waals surface area contributed by atoms with Crippen molar-refractivity contribution in [3.63, 3.8) is 0 Å². The molecule has 0 aliphatic carbocycles. The molecule has 1 amide bonds. The van der Waals surface area contributed by atoms with E-state index >= 15 is 0 Å². The van der Waals surface area contributed by atoms with Gasteiger partial charge in [-0.25, -0.2) is 0 Å². The number of likely N-dealkylation sites (tertiary alicyclic amines) is 1. The zero-order valence-corrected chi connectivity index (χ0v) is 17.7. The van der Waals surface area contributed by atoms with E-state index in [1.807, 2.05) is 45.9 Å². The zero-order chi connectivity index (χ0) is 20.2. The van der Waals surface area contributed by atoms with Gasteiger partial charge in [0.05, 0.1) is 5.75 Å². The number of aromatic nitrogens is 4. The molecule has 2 aromatic heterocycles. The molecule has 29 heavy (non-hydrogen) atoms. The molecule has 0 saturated carbocycles. The molecule has 6 nitrogen and oxygen atoms in total. The summed E-state index contributed by atoms with van der Waals surface area (Å²) >= 11 is 7.48. The predicted molar refractivity (Wildman–Crippen MR) is 115 cm³/mol. The molecule has 0 N–H and O–H groups in total. The van der Waals surface area contributed by atoms with Crippen molar-refractivity contribution in [3.05, 3.63) is 53.8 Å². The minimum Gasteiger partial charge on any atom is -0.342 e. The van der Waals surface area contributed by atoms with Crippen LogP contribution in [-0.4, -0.2) is 49.4 Å². The average molecular weight is 428 g/mol. The lowest BCUT2D eigenvalue weighted by atomic mass is 10.0. The second-order valence-electron chi connectivity index (χ2n) is 7.23. The SMILES string of the molecule is CC1CCCN(C(=O)CSc2nnc(-c3ccncc3)n2-c2ccc(Cl)cc2)C1. The topological polar surface area (TPSA) is 63.9 Å². The highest BCUT2D eigenvalue weighted by Crippen LogP contribution is 2.29. The third-order valence-electron chi connectivity index (χ3n) is 4.99. The number of carbonyl (C=O) groups excluding carboxylic acids is 1. The smallest absolute Gasteiger partial charge is 0.233 e. The second-order valence-corrected chi connectivity index (χ2v) is 8.61. The molecule has 1 aliphatic rings. The van der Waals surface area contributed by atoms with Crippen LogP contribution in [0.2, 0.25) is 5.02 Å². The Bertz CT molecular complexity index is 976. The number of hydrogen-bond acceptors (Lipinski definition) is 5. The average Bonchev–Trinajstić information content (AvgIpc) is 3.17. The van der Waals surface area contributed by atoms with Crippen molar-refractivity contribution < 1.29 is 4.79 Å². The summed E-state index contributed by atoms with van der Waals surface area (Å²) in [5.41, 5.74) is 1.80. The minimum atomic E-state index is 0.151. The Morgan fingerprint density at radius 2 is 1.93 bits per heavy atom. The lowest BCUT2D eigenvalue weighted by Crippen LogP contribution is -2.40. The molecular formula is C21H22ClN5OS. The number of benzene rings is 1. The maximum atomic E-state index is 12.7. The van der Waals surface area contributed by atoms with Gasteiger partial charge < -0.3 is 4.90 Å². The highest BCUT2D eigenvalue weighted by molar-refractivity contribution is 7.99. The number of pyridine rings is 1. The summed E-state index contributed by atoms with van der Waals surface area (Å²) in [4.78, 5) is 18.8. The van der Waals surface area contributed by atoms with Gasteiger partial charge in [0.1, 0.15) is 0 Å². The Morgan fingerprint density at radius 1 is 1.17 bits per heavy atom. The highest BCUT2D eigenvalue weighted by Gasteiger charge is 2.23. The number of carbonyl (C=O) groups is 1.